The first-order chi connectivity index (χ1) is 20.7. The molecular formula is C30H40F3N5O5S. The van der Waals surface area contributed by atoms with Gasteiger partial charge in [-0.15, -0.1) is 0 Å². The standard InChI is InChI=1S/C30H40F3N5O5S/c1-4-19(2)38(37-28(39)22-13-14-34-26(16-22)35-18-44(3,41)42)17-24(43-29(40)30(31,32)33)15-21-7-5-6-8-25(21)27-20-9-11-23(36-27)12-10-20/h5-8,13-14,16,19-20,23-24,27,36H,4,9-12,15,17-18H2,1-3H3,(H,34,35)(H,37,39)/t19-,20?,23?,24-,27+/m0/s1. The summed E-state index contributed by atoms with van der Waals surface area (Å²) >= 11 is 0. The van der Waals surface area contributed by atoms with E-state index >= 15 is 0 Å². The summed E-state index contributed by atoms with van der Waals surface area (Å²) in [5, 5.41) is 7.80. The van der Waals surface area contributed by atoms with Gasteiger partial charge in [0.2, 0.25) is 0 Å². The highest BCUT2D eigenvalue weighted by Crippen LogP contribution is 2.42. The van der Waals surface area contributed by atoms with Crippen LogP contribution in [0.2, 0.25) is 0 Å². The molecule has 3 fully saturated rings. The number of nitrogens with zero attached hydrogens (tertiary/aromatic N) is 2. The molecule has 0 radical (unpaired) electrons. The van der Waals surface area contributed by atoms with Crippen molar-refractivity contribution in [1.29, 1.82) is 0 Å². The van der Waals surface area contributed by atoms with E-state index < -0.39 is 34.0 Å². The van der Waals surface area contributed by atoms with Crippen LogP contribution < -0.4 is 16.1 Å². The van der Waals surface area contributed by atoms with E-state index in [-0.39, 0.29) is 42.3 Å². The number of halogens is 3. The third kappa shape index (κ3) is 9.14. The van der Waals surface area contributed by atoms with Crippen molar-refractivity contribution in [2.24, 2.45) is 5.92 Å². The van der Waals surface area contributed by atoms with Crippen LogP contribution in [0.1, 0.15) is 73.5 Å². The number of amides is 1. The lowest BCUT2D eigenvalue weighted by Gasteiger charge is -2.44. The number of pyridine rings is 1. The number of nitrogens with one attached hydrogen (secondary N) is 3. The third-order valence-corrected chi connectivity index (χ3v) is 8.98. The molecule has 3 aliphatic rings. The summed E-state index contributed by atoms with van der Waals surface area (Å²) in [5.41, 5.74) is 4.66. The summed E-state index contributed by atoms with van der Waals surface area (Å²) < 4.78 is 68.2. The van der Waals surface area contributed by atoms with Crippen LogP contribution in [0.5, 0.6) is 0 Å². The Kier molecular flexibility index (Phi) is 10.9. The van der Waals surface area contributed by atoms with E-state index in [1.54, 1.807) is 6.92 Å². The second-order valence-electron chi connectivity index (χ2n) is 11.7. The Bertz CT molecular complexity index is 1420. The zero-order valence-corrected chi connectivity index (χ0v) is 25.9. The Balaban J connectivity index is 1.56. The Hall–Kier alpha value is -3.23. The van der Waals surface area contributed by atoms with Gasteiger partial charge in [-0.05, 0) is 68.2 Å². The fourth-order valence-corrected chi connectivity index (χ4v) is 6.24. The average Bonchev–Trinajstić information content (AvgIpc) is 2.99. The molecule has 2 aromatic rings. The smallest absolute Gasteiger partial charge is 0.454 e. The molecule has 1 saturated carbocycles. The molecule has 242 valence electrons. The average molecular weight is 640 g/mol. The summed E-state index contributed by atoms with van der Waals surface area (Å²) in [6.07, 6.45) is 0.893. The number of rotatable bonds is 13. The third-order valence-electron chi connectivity index (χ3n) is 8.31. The Morgan fingerprint density at radius 3 is 2.48 bits per heavy atom. The number of esters is 1. The van der Waals surface area contributed by atoms with Crippen LogP contribution in [0.3, 0.4) is 0 Å². The first-order valence-electron chi connectivity index (χ1n) is 14.8. The van der Waals surface area contributed by atoms with Crippen LogP contribution in [-0.2, 0) is 25.8 Å². The van der Waals surface area contributed by atoms with Crippen molar-refractivity contribution >= 4 is 27.5 Å². The number of benzene rings is 1. The number of anilines is 1. The minimum absolute atomic E-state index is 0.0190. The quantitative estimate of drug-likeness (QED) is 0.219. The largest absolute Gasteiger partial charge is 0.490 e. The summed E-state index contributed by atoms with van der Waals surface area (Å²) in [7, 11) is -3.35. The van der Waals surface area contributed by atoms with Crippen LogP contribution in [0.15, 0.2) is 42.6 Å². The highest BCUT2D eigenvalue weighted by atomic mass is 32.2. The van der Waals surface area contributed by atoms with Gasteiger partial charge in [0.15, 0.2) is 9.84 Å². The second-order valence-corrected chi connectivity index (χ2v) is 13.9. The Morgan fingerprint density at radius 2 is 1.86 bits per heavy atom. The number of carbonyl (C=O) groups excluding carboxylic acids is 2. The summed E-state index contributed by atoms with van der Waals surface area (Å²) in [5.74, 6) is -2.67. The molecule has 3 heterocycles. The minimum Gasteiger partial charge on any atom is -0.454 e. The maximum absolute atomic E-state index is 13.4. The molecule has 0 spiro atoms. The molecule has 14 heteroatoms. The van der Waals surface area contributed by atoms with Gasteiger partial charge in [0.25, 0.3) is 5.91 Å². The first kappa shape index (κ1) is 33.7. The van der Waals surface area contributed by atoms with E-state index in [9.17, 15) is 31.2 Å². The predicted octanol–water partition coefficient (Wildman–Crippen LogP) is 4.16. The van der Waals surface area contributed by atoms with Gasteiger partial charge in [-0.2, -0.15) is 13.2 Å². The van der Waals surface area contributed by atoms with Crippen LogP contribution in [0, 0.1) is 5.92 Å². The van der Waals surface area contributed by atoms with Gasteiger partial charge in [0, 0.05) is 42.6 Å². The van der Waals surface area contributed by atoms with Crippen LogP contribution >= 0.6 is 0 Å². The molecule has 0 unspecified atom stereocenters. The number of hydrogen-bond donors (Lipinski definition) is 3. The maximum atomic E-state index is 13.4. The summed E-state index contributed by atoms with van der Waals surface area (Å²) in [6.45, 7) is 3.45. The lowest BCUT2D eigenvalue weighted by Crippen LogP contribution is -2.52. The van der Waals surface area contributed by atoms with Crippen molar-refractivity contribution in [2.45, 2.75) is 82.8 Å². The van der Waals surface area contributed by atoms with E-state index in [1.165, 1.54) is 23.3 Å². The van der Waals surface area contributed by atoms with Crippen molar-refractivity contribution in [1.82, 2.24) is 20.7 Å². The molecule has 1 aromatic carbocycles. The number of sulfone groups is 1. The summed E-state index contributed by atoms with van der Waals surface area (Å²) in [6, 6.07) is 10.5. The lowest BCUT2D eigenvalue weighted by atomic mass is 9.73. The second kappa shape index (κ2) is 14.2. The zero-order valence-electron chi connectivity index (χ0n) is 25.1. The highest BCUT2D eigenvalue weighted by Gasteiger charge is 2.43. The van der Waals surface area contributed by atoms with Gasteiger partial charge >= 0.3 is 12.1 Å². The van der Waals surface area contributed by atoms with Crippen LogP contribution in [-0.4, -0.2) is 73.3 Å². The topological polar surface area (TPSA) is 130 Å². The Morgan fingerprint density at radius 1 is 1.16 bits per heavy atom. The van der Waals surface area contributed by atoms with Gasteiger partial charge in [0.05, 0.1) is 6.54 Å². The van der Waals surface area contributed by atoms with E-state index in [0.29, 0.717) is 18.4 Å². The molecule has 3 N–H and O–H groups in total. The van der Waals surface area contributed by atoms with Crippen molar-refractivity contribution in [2.75, 3.05) is 24.0 Å². The lowest BCUT2D eigenvalue weighted by molar-refractivity contribution is -0.205. The molecule has 2 bridgehead atoms. The van der Waals surface area contributed by atoms with E-state index in [0.717, 1.165) is 43.1 Å². The van der Waals surface area contributed by atoms with Gasteiger partial charge < -0.3 is 15.4 Å². The van der Waals surface area contributed by atoms with Crippen molar-refractivity contribution in [3.05, 3.63) is 59.3 Å². The number of fused-ring (bicyclic) bond motifs is 3. The number of alkyl halides is 3. The van der Waals surface area contributed by atoms with Gasteiger partial charge in [-0.25, -0.2) is 23.2 Å². The van der Waals surface area contributed by atoms with E-state index in [4.69, 9.17) is 4.74 Å². The number of ether oxygens (including phenoxy) is 1. The monoisotopic (exact) mass is 639 g/mol. The van der Waals surface area contributed by atoms with Crippen molar-refractivity contribution < 1.29 is 35.9 Å². The molecule has 2 saturated heterocycles. The molecule has 5 rings (SSSR count). The first-order valence-corrected chi connectivity index (χ1v) is 16.9. The van der Waals surface area contributed by atoms with Crippen molar-refractivity contribution in [3.63, 3.8) is 0 Å². The molecule has 2 aliphatic heterocycles. The van der Waals surface area contributed by atoms with Gasteiger partial charge in [-0.1, -0.05) is 31.2 Å². The van der Waals surface area contributed by atoms with Gasteiger partial charge in [-0.3, -0.25) is 10.2 Å². The number of aromatic nitrogens is 1. The molecule has 1 aromatic heterocycles. The molecule has 10 nitrogen and oxygen atoms in total. The molecule has 44 heavy (non-hydrogen) atoms. The molecule has 1 aliphatic carbocycles. The predicted molar refractivity (Wildman–Crippen MR) is 159 cm³/mol. The molecule has 3 atom stereocenters. The number of hydrazine groups is 1. The van der Waals surface area contributed by atoms with Crippen molar-refractivity contribution in [3.8, 4) is 0 Å². The highest BCUT2D eigenvalue weighted by molar-refractivity contribution is 7.90. The fraction of sp³-hybridized carbons (Fsp3) is 0.567. The van der Waals surface area contributed by atoms with Gasteiger partial charge in [0.1, 0.15) is 17.8 Å². The maximum Gasteiger partial charge on any atom is 0.490 e. The Labute approximate surface area is 256 Å². The summed E-state index contributed by atoms with van der Waals surface area (Å²) in [4.78, 5) is 29.4. The number of piperidine rings is 2. The zero-order chi connectivity index (χ0) is 32.1. The van der Waals surface area contributed by atoms with Crippen LogP contribution in [0.25, 0.3) is 0 Å². The number of hydrogen-bond acceptors (Lipinski definition) is 9. The molecular weight excluding hydrogens is 599 g/mol. The normalized spacial score (nSPS) is 21.5. The number of carbonyl (C=O) groups is 2. The SMILES string of the molecule is CC[C@H](C)N(C[C@H](Cc1ccccc1[C@@H]1NC2CCC1CC2)OC(=O)C(F)(F)F)NC(=O)c1ccnc(NCS(C)(=O)=O)c1. The van der Waals surface area contributed by atoms with E-state index in [1.807, 2.05) is 31.2 Å². The van der Waals surface area contributed by atoms with Crippen LogP contribution in [0.4, 0.5) is 19.0 Å². The minimum atomic E-state index is -5.18. The molecule has 1 amide bonds. The fourth-order valence-electron chi connectivity index (χ4n) is 5.83. The van der Waals surface area contributed by atoms with E-state index in [2.05, 4.69) is 21.0 Å².